The topological polar surface area (TPSA) is 74.1 Å². The van der Waals surface area contributed by atoms with Crippen molar-refractivity contribution in [2.24, 2.45) is 15.9 Å². The van der Waals surface area contributed by atoms with Crippen molar-refractivity contribution in [1.29, 1.82) is 0 Å². The minimum atomic E-state index is -0.618. The number of allylic oxidation sites excluding steroid dienone is 1. The van der Waals surface area contributed by atoms with Gasteiger partial charge in [-0.1, -0.05) is 31.5 Å². The molecule has 0 radical (unpaired) electrons. The van der Waals surface area contributed by atoms with Gasteiger partial charge in [-0.25, -0.2) is 9.98 Å². The summed E-state index contributed by atoms with van der Waals surface area (Å²) < 4.78 is 0. The molecule has 1 unspecified atom stereocenters. The van der Waals surface area contributed by atoms with Gasteiger partial charge in [0.25, 0.3) is 5.91 Å². The van der Waals surface area contributed by atoms with Gasteiger partial charge in [0.2, 0.25) is 12.2 Å². The molecule has 6 nitrogen and oxygen atoms in total. The van der Waals surface area contributed by atoms with E-state index in [4.69, 9.17) is 0 Å². The van der Waals surface area contributed by atoms with Crippen LogP contribution in [0.15, 0.2) is 46.0 Å². The van der Waals surface area contributed by atoms with Gasteiger partial charge in [0.05, 0.1) is 5.71 Å². The molecule has 1 N–H and O–H groups in total. The third-order valence-corrected chi connectivity index (χ3v) is 5.04. The monoisotopic (exact) mass is 366 g/mol. The van der Waals surface area contributed by atoms with Crippen LogP contribution in [0.3, 0.4) is 0 Å². The number of amides is 2. The number of nitrogens with one attached hydrogen (secondary N) is 1. The average Bonchev–Trinajstić information content (AvgIpc) is 2.69. The Morgan fingerprint density at radius 2 is 1.93 bits per heavy atom. The number of carbonyl (C=O) groups excluding carboxylic acids is 2. The molecule has 0 fully saturated rings. The van der Waals surface area contributed by atoms with Crippen LogP contribution in [-0.4, -0.2) is 41.5 Å². The van der Waals surface area contributed by atoms with Crippen LogP contribution in [0, 0.1) is 12.8 Å². The lowest BCUT2D eigenvalue weighted by Crippen LogP contribution is -2.40. The molecule has 2 aliphatic rings. The molecule has 142 valence electrons. The van der Waals surface area contributed by atoms with Crippen LogP contribution < -0.4 is 5.32 Å². The van der Waals surface area contributed by atoms with Gasteiger partial charge in [-0.15, -0.1) is 0 Å². The predicted octanol–water partition coefficient (Wildman–Crippen LogP) is 3.09. The van der Waals surface area contributed by atoms with Gasteiger partial charge in [-0.3, -0.25) is 9.59 Å². The van der Waals surface area contributed by atoms with E-state index in [1.54, 1.807) is 23.2 Å². The number of aryl methyl sites for hydroxylation is 1. The number of hydrogen-bond donors (Lipinski definition) is 1. The standard InChI is InChI=1S/C21H26N4O2/c1-4-15(5-2)20(27)25-11-10-18-17(13-25)12-22-21(23-18)24-19(26)16-8-6-14(3)7-9-16/h6-9,12-13,15,21H,4-5,10-11H2,1-3H3,(H,24,26). The van der Waals surface area contributed by atoms with Gasteiger partial charge in [-0.05, 0) is 31.9 Å². The van der Waals surface area contributed by atoms with Crippen LogP contribution in [0.5, 0.6) is 0 Å². The fraction of sp³-hybridized carbons (Fsp3) is 0.429. The van der Waals surface area contributed by atoms with E-state index in [9.17, 15) is 9.59 Å². The van der Waals surface area contributed by atoms with E-state index in [0.717, 1.165) is 29.7 Å². The quantitative estimate of drug-likeness (QED) is 0.870. The smallest absolute Gasteiger partial charge is 0.254 e. The molecule has 0 aliphatic carbocycles. The highest BCUT2D eigenvalue weighted by molar-refractivity contribution is 6.18. The molecule has 2 heterocycles. The Balaban J connectivity index is 1.67. The first-order valence-corrected chi connectivity index (χ1v) is 9.51. The van der Waals surface area contributed by atoms with E-state index in [2.05, 4.69) is 15.3 Å². The van der Waals surface area contributed by atoms with Crippen molar-refractivity contribution in [2.45, 2.75) is 46.3 Å². The van der Waals surface area contributed by atoms with E-state index < -0.39 is 6.29 Å². The molecule has 1 aromatic carbocycles. The van der Waals surface area contributed by atoms with Gasteiger partial charge in [-0.2, -0.15) is 0 Å². The number of hydrogen-bond acceptors (Lipinski definition) is 4. The summed E-state index contributed by atoms with van der Waals surface area (Å²) >= 11 is 0. The summed E-state index contributed by atoms with van der Waals surface area (Å²) in [6, 6.07) is 7.38. The Labute approximate surface area is 160 Å². The maximum Gasteiger partial charge on any atom is 0.254 e. The van der Waals surface area contributed by atoms with Crippen molar-refractivity contribution in [3.8, 4) is 0 Å². The van der Waals surface area contributed by atoms with E-state index in [1.165, 1.54) is 0 Å². The van der Waals surface area contributed by atoms with Gasteiger partial charge < -0.3 is 10.2 Å². The minimum absolute atomic E-state index is 0.0578. The summed E-state index contributed by atoms with van der Waals surface area (Å²) in [7, 11) is 0. The number of benzene rings is 1. The van der Waals surface area contributed by atoms with E-state index in [0.29, 0.717) is 18.5 Å². The molecular weight excluding hydrogens is 340 g/mol. The van der Waals surface area contributed by atoms with Gasteiger partial charge in [0.15, 0.2) is 0 Å². The number of nitrogens with zero attached hydrogens (tertiary/aromatic N) is 3. The van der Waals surface area contributed by atoms with E-state index in [1.807, 2.05) is 39.1 Å². The van der Waals surface area contributed by atoms with Crippen LogP contribution in [0.25, 0.3) is 0 Å². The summed E-state index contributed by atoms with van der Waals surface area (Å²) in [6.07, 6.45) is 5.28. The number of rotatable bonds is 5. The van der Waals surface area contributed by atoms with Crippen LogP contribution >= 0.6 is 0 Å². The molecule has 0 saturated carbocycles. The molecule has 27 heavy (non-hydrogen) atoms. The Morgan fingerprint density at radius 3 is 2.59 bits per heavy atom. The number of aliphatic imine (C=N–C) groups is 2. The first-order valence-electron chi connectivity index (χ1n) is 9.51. The summed E-state index contributed by atoms with van der Waals surface area (Å²) in [4.78, 5) is 35.6. The Bertz CT molecular complexity index is 804. The van der Waals surface area contributed by atoms with Crippen LogP contribution in [0.4, 0.5) is 0 Å². The summed E-state index contributed by atoms with van der Waals surface area (Å²) in [5.41, 5.74) is 3.42. The fourth-order valence-electron chi connectivity index (χ4n) is 3.28. The molecule has 2 aliphatic heterocycles. The Kier molecular flexibility index (Phi) is 5.84. The molecule has 1 atom stereocenters. The van der Waals surface area contributed by atoms with Crippen molar-refractivity contribution in [2.75, 3.05) is 6.54 Å². The molecule has 0 bridgehead atoms. The average molecular weight is 366 g/mol. The zero-order valence-electron chi connectivity index (χ0n) is 16.1. The van der Waals surface area contributed by atoms with Crippen molar-refractivity contribution < 1.29 is 9.59 Å². The second kappa shape index (κ2) is 8.29. The van der Waals surface area contributed by atoms with E-state index >= 15 is 0 Å². The fourth-order valence-corrected chi connectivity index (χ4v) is 3.28. The molecule has 0 spiro atoms. The van der Waals surface area contributed by atoms with Gasteiger partial charge >= 0.3 is 0 Å². The summed E-state index contributed by atoms with van der Waals surface area (Å²) in [6.45, 7) is 6.68. The second-order valence-corrected chi connectivity index (χ2v) is 6.95. The first kappa shape index (κ1) is 19.0. The minimum Gasteiger partial charge on any atom is -0.318 e. The third-order valence-electron chi connectivity index (χ3n) is 5.04. The maximum absolute atomic E-state index is 12.6. The molecule has 1 aromatic rings. The summed E-state index contributed by atoms with van der Waals surface area (Å²) in [5.74, 6) is 0.0208. The first-order chi connectivity index (χ1) is 13.0. The lowest BCUT2D eigenvalue weighted by Gasteiger charge is -2.29. The lowest BCUT2D eigenvalue weighted by molar-refractivity contribution is -0.133. The molecule has 0 saturated heterocycles. The maximum atomic E-state index is 12.6. The molecule has 0 aromatic heterocycles. The highest BCUT2D eigenvalue weighted by Gasteiger charge is 2.27. The van der Waals surface area contributed by atoms with Crippen LogP contribution in [-0.2, 0) is 4.79 Å². The highest BCUT2D eigenvalue weighted by atomic mass is 16.2. The zero-order chi connectivity index (χ0) is 19.4. The highest BCUT2D eigenvalue weighted by Crippen LogP contribution is 2.20. The Hall–Kier alpha value is -2.76. The SMILES string of the molecule is CCC(CC)C(=O)N1C=C2C=NC(NC(=O)c3ccc(C)cc3)N=C2CC1. The lowest BCUT2D eigenvalue weighted by atomic mass is 9.99. The second-order valence-electron chi connectivity index (χ2n) is 6.95. The molecule has 2 amide bonds. The molecule has 6 heteroatoms. The molecule has 3 rings (SSSR count). The normalized spacial score (nSPS) is 18.7. The number of fused-ring (bicyclic) bond motifs is 1. The van der Waals surface area contributed by atoms with Crippen LogP contribution in [0.1, 0.15) is 49.0 Å². The molecular formula is C21H26N4O2. The van der Waals surface area contributed by atoms with Gasteiger partial charge in [0.1, 0.15) is 0 Å². The zero-order valence-corrected chi connectivity index (χ0v) is 16.1. The Morgan fingerprint density at radius 1 is 1.22 bits per heavy atom. The van der Waals surface area contributed by atoms with E-state index in [-0.39, 0.29) is 17.7 Å². The van der Waals surface area contributed by atoms with Crippen molar-refractivity contribution >= 4 is 23.7 Å². The van der Waals surface area contributed by atoms with Crippen molar-refractivity contribution in [3.63, 3.8) is 0 Å². The summed E-state index contributed by atoms with van der Waals surface area (Å²) in [5, 5.41) is 2.83. The predicted molar refractivity (Wildman–Crippen MR) is 107 cm³/mol. The van der Waals surface area contributed by atoms with Gasteiger partial charge in [0, 0.05) is 42.4 Å². The van der Waals surface area contributed by atoms with Crippen molar-refractivity contribution in [1.82, 2.24) is 10.2 Å². The number of carbonyl (C=O) groups is 2. The van der Waals surface area contributed by atoms with Crippen LogP contribution in [0.2, 0.25) is 0 Å². The van der Waals surface area contributed by atoms with Crippen molar-refractivity contribution in [3.05, 3.63) is 47.2 Å². The largest absolute Gasteiger partial charge is 0.318 e. The third kappa shape index (κ3) is 4.32.